The van der Waals surface area contributed by atoms with Crippen molar-refractivity contribution in [3.05, 3.63) is 47.5 Å². The molecule has 2 aliphatic heterocycles. The topological polar surface area (TPSA) is 50.5 Å². The predicted octanol–water partition coefficient (Wildman–Crippen LogP) is 5.13. The van der Waals surface area contributed by atoms with E-state index in [0.29, 0.717) is 16.9 Å². The molecular formula is C24H31F2N3O. The molecule has 4 rings (SSSR count). The number of nitrogens with one attached hydrogen (secondary N) is 1. The molecule has 2 aromatic carbocycles. The zero-order valence-corrected chi connectivity index (χ0v) is 18.2. The van der Waals surface area contributed by atoms with Gasteiger partial charge in [-0.15, -0.1) is 0 Å². The van der Waals surface area contributed by atoms with Crippen molar-refractivity contribution in [2.75, 3.05) is 30.8 Å². The molecule has 6 heteroatoms. The minimum Gasteiger partial charge on any atom is -0.492 e. The highest BCUT2D eigenvalue weighted by Gasteiger charge is 2.55. The Morgan fingerprint density at radius 1 is 1.17 bits per heavy atom. The number of anilines is 3. The first-order chi connectivity index (χ1) is 14.2. The Bertz CT molecular complexity index is 948. The average Bonchev–Trinajstić information content (AvgIpc) is 2.91. The van der Waals surface area contributed by atoms with Gasteiger partial charge in [-0.3, -0.25) is 0 Å². The van der Waals surface area contributed by atoms with Gasteiger partial charge in [0, 0.05) is 34.5 Å². The van der Waals surface area contributed by atoms with Crippen LogP contribution in [0.15, 0.2) is 30.3 Å². The summed E-state index contributed by atoms with van der Waals surface area (Å²) in [7, 11) is 1.44. The molecule has 2 aromatic rings. The quantitative estimate of drug-likeness (QED) is 0.682. The Morgan fingerprint density at radius 3 is 2.47 bits per heavy atom. The maximum absolute atomic E-state index is 15.5. The van der Waals surface area contributed by atoms with E-state index in [4.69, 9.17) is 10.5 Å². The normalized spacial score (nSPS) is 20.5. The van der Waals surface area contributed by atoms with Gasteiger partial charge in [0.05, 0.1) is 12.8 Å². The number of methoxy groups -OCH3 is 1. The van der Waals surface area contributed by atoms with Gasteiger partial charge >= 0.3 is 0 Å². The van der Waals surface area contributed by atoms with Gasteiger partial charge in [0.1, 0.15) is 5.82 Å². The van der Waals surface area contributed by atoms with Gasteiger partial charge in [-0.1, -0.05) is 26.8 Å². The number of hydrogen-bond acceptors (Lipinski definition) is 4. The first-order valence-corrected chi connectivity index (χ1v) is 10.6. The lowest BCUT2D eigenvalue weighted by Crippen LogP contribution is -2.51. The number of benzene rings is 2. The third-order valence-corrected chi connectivity index (χ3v) is 6.50. The lowest BCUT2D eigenvalue weighted by atomic mass is 9.66. The number of hydrogen-bond donors (Lipinski definition) is 2. The van der Waals surface area contributed by atoms with Crippen LogP contribution in [-0.2, 0) is 5.41 Å². The molecule has 2 aliphatic rings. The maximum Gasteiger partial charge on any atom is 0.178 e. The Morgan fingerprint density at radius 2 is 1.87 bits per heavy atom. The molecule has 1 atom stereocenters. The second-order valence-corrected chi connectivity index (χ2v) is 9.75. The summed E-state index contributed by atoms with van der Waals surface area (Å²) >= 11 is 0. The van der Waals surface area contributed by atoms with Crippen LogP contribution in [0.2, 0.25) is 0 Å². The van der Waals surface area contributed by atoms with E-state index in [0.717, 1.165) is 44.1 Å². The van der Waals surface area contributed by atoms with Crippen LogP contribution in [0, 0.1) is 17.0 Å². The highest BCUT2D eigenvalue weighted by atomic mass is 19.1. The fraction of sp³-hybridized carbons (Fsp3) is 0.500. The first kappa shape index (κ1) is 20.9. The lowest BCUT2D eigenvalue weighted by Gasteiger charge is -2.44. The number of rotatable bonds is 3. The van der Waals surface area contributed by atoms with Crippen LogP contribution in [-0.4, -0.2) is 26.2 Å². The van der Waals surface area contributed by atoms with Gasteiger partial charge in [0.15, 0.2) is 11.6 Å². The SMILES string of the molecule is COc1c(F)cc(F)c2c1N(c1cccc(N)c1)C(CC(C)(C)C)C21CCNCC1. The summed E-state index contributed by atoms with van der Waals surface area (Å²) in [5.41, 5.74) is 8.21. The average molecular weight is 416 g/mol. The molecule has 30 heavy (non-hydrogen) atoms. The second-order valence-electron chi connectivity index (χ2n) is 9.75. The van der Waals surface area contributed by atoms with E-state index in [2.05, 4.69) is 31.0 Å². The van der Waals surface area contributed by atoms with Crippen LogP contribution < -0.4 is 20.7 Å². The molecule has 0 bridgehead atoms. The van der Waals surface area contributed by atoms with Gasteiger partial charge in [0.2, 0.25) is 0 Å². The standard InChI is InChI=1S/C24H31F2N3O/c1-23(2,3)14-19-24(8-10-28-11-9-24)20-17(25)13-18(26)22(30-4)21(20)29(19)16-7-5-6-15(27)12-16/h5-7,12-13,19,28H,8-11,14,27H2,1-4H3. The summed E-state index contributed by atoms with van der Waals surface area (Å²) < 4.78 is 35.9. The molecule has 1 unspecified atom stereocenters. The third kappa shape index (κ3) is 3.31. The molecule has 0 radical (unpaired) electrons. The summed E-state index contributed by atoms with van der Waals surface area (Å²) in [6.07, 6.45) is 2.39. The molecule has 0 aliphatic carbocycles. The minimum atomic E-state index is -0.678. The van der Waals surface area contributed by atoms with Gasteiger partial charge in [-0.05, 0) is 56.0 Å². The number of piperidine rings is 1. The summed E-state index contributed by atoms with van der Waals surface area (Å²) in [5, 5.41) is 3.41. The molecular weight excluding hydrogens is 384 g/mol. The molecule has 1 saturated heterocycles. The highest BCUT2D eigenvalue weighted by Crippen LogP contribution is 2.59. The Labute approximate surface area is 177 Å². The van der Waals surface area contributed by atoms with Crippen LogP contribution in [0.25, 0.3) is 0 Å². The predicted molar refractivity (Wildman–Crippen MR) is 118 cm³/mol. The van der Waals surface area contributed by atoms with E-state index < -0.39 is 17.0 Å². The molecule has 3 N–H and O–H groups in total. The Kier molecular flexibility index (Phi) is 5.17. The summed E-state index contributed by atoms with van der Waals surface area (Å²) in [4.78, 5) is 2.09. The van der Waals surface area contributed by atoms with Crippen LogP contribution in [0.3, 0.4) is 0 Å². The van der Waals surface area contributed by atoms with Crippen LogP contribution in [0.5, 0.6) is 5.75 Å². The zero-order chi connectivity index (χ0) is 21.7. The summed E-state index contributed by atoms with van der Waals surface area (Å²) in [6, 6.07) is 8.48. The molecule has 0 aromatic heterocycles. The van der Waals surface area contributed by atoms with Crippen LogP contribution in [0.1, 0.15) is 45.6 Å². The van der Waals surface area contributed by atoms with Crippen LogP contribution in [0.4, 0.5) is 25.8 Å². The number of fused-ring (bicyclic) bond motifs is 2. The molecule has 4 nitrogen and oxygen atoms in total. The van der Waals surface area contributed by atoms with Crippen molar-refractivity contribution in [2.24, 2.45) is 5.41 Å². The van der Waals surface area contributed by atoms with E-state index in [9.17, 15) is 4.39 Å². The van der Waals surface area contributed by atoms with Crippen molar-refractivity contribution in [2.45, 2.75) is 51.5 Å². The molecule has 1 fully saturated rings. The third-order valence-electron chi connectivity index (χ3n) is 6.50. The zero-order valence-electron chi connectivity index (χ0n) is 18.2. The smallest absolute Gasteiger partial charge is 0.178 e. The molecule has 0 amide bonds. The highest BCUT2D eigenvalue weighted by molar-refractivity contribution is 5.81. The number of halogens is 2. The first-order valence-electron chi connectivity index (χ1n) is 10.6. The minimum absolute atomic E-state index is 0.00852. The van der Waals surface area contributed by atoms with E-state index in [1.54, 1.807) is 0 Å². The molecule has 0 saturated carbocycles. The van der Waals surface area contributed by atoms with Gasteiger partial charge in [-0.2, -0.15) is 0 Å². The Hall–Kier alpha value is -2.34. The number of nitrogens with two attached hydrogens (primary N) is 1. The fourth-order valence-electron chi connectivity index (χ4n) is 5.36. The van der Waals surface area contributed by atoms with Gasteiger partial charge in [-0.25, -0.2) is 8.78 Å². The van der Waals surface area contributed by atoms with Gasteiger partial charge in [0.25, 0.3) is 0 Å². The largest absolute Gasteiger partial charge is 0.492 e. The van der Waals surface area contributed by atoms with Crippen molar-refractivity contribution < 1.29 is 13.5 Å². The Balaban J connectivity index is 2.04. The maximum atomic E-state index is 15.5. The van der Waals surface area contributed by atoms with E-state index in [1.807, 2.05) is 24.3 Å². The van der Waals surface area contributed by atoms with Crippen molar-refractivity contribution >= 4 is 17.1 Å². The lowest BCUT2D eigenvalue weighted by molar-refractivity contribution is 0.212. The second kappa shape index (κ2) is 7.41. The van der Waals surface area contributed by atoms with E-state index in [-0.39, 0.29) is 17.2 Å². The molecule has 1 spiro atoms. The van der Waals surface area contributed by atoms with Crippen LogP contribution >= 0.6 is 0 Å². The van der Waals surface area contributed by atoms with E-state index in [1.165, 1.54) is 7.11 Å². The van der Waals surface area contributed by atoms with Crippen molar-refractivity contribution in [1.29, 1.82) is 0 Å². The summed E-state index contributed by atoms with van der Waals surface area (Å²) in [6.45, 7) is 8.16. The van der Waals surface area contributed by atoms with Crippen molar-refractivity contribution in [1.82, 2.24) is 5.32 Å². The number of ether oxygens (including phenoxy) is 1. The summed E-state index contributed by atoms with van der Waals surface area (Å²) in [5.74, 6) is -1.07. The fourth-order valence-corrected chi connectivity index (χ4v) is 5.36. The monoisotopic (exact) mass is 415 g/mol. The van der Waals surface area contributed by atoms with E-state index >= 15 is 4.39 Å². The van der Waals surface area contributed by atoms with Gasteiger partial charge < -0.3 is 20.7 Å². The van der Waals surface area contributed by atoms with Crippen molar-refractivity contribution in [3.8, 4) is 5.75 Å². The molecule has 162 valence electrons. The number of nitrogens with zero attached hydrogens (tertiary/aromatic N) is 1. The van der Waals surface area contributed by atoms with Crippen molar-refractivity contribution in [3.63, 3.8) is 0 Å². The number of nitrogen functional groups attached to an aromatic ring is 1. The molecule has 2 heterocycles.